The van der Waals surface area contributed by atoms with E-state index in [4.69, 9.17) is 4.74 Å². The van der Waals surface area contributed by atoms with E-state index in [0.717, 1.165) is 28.1 Å². The Hall–Kier alpha value is -3.21. The predicted octanol–water partition coefficient (Wildman–Crippen LogP) is 3.10. The van der Waals surface area contributed by atoms with Gasteiger partial charge in [-0.25, -0.2) is 4.68 Å². The van der Waals surface area contributed by atoms with Gasteiger partial charge in [-0.3, -0.25) is 4.79 Å². The second-order valence-corrected chi connectivity index (χ2v) is 5.62. The molecule has 2 aromatic carbocycles. The molecule has 0 spiro atoms. The number of allylic oxidation sites excluding steroid dienone is 1. The summed E-state index contributed by atoms with van der Waals surface area (Å²) in [6.07, 6.45) is 4.27. The maximum atomic E-state index is 12.4. The van der Waals surface area contributed by atoms with Crippen LogP contribution in [-0.4, -0.2) is 27.9 Å². The van der Waals surface area contributed by atoms with Crippen LogP contribution in [0.3, 0.4) is 0 Å². The Morgan fingerprint density at radius 3 is 2.67 bits per heavy atom. The normalized spacial score (nSPS) is 14.9. The van der Waals surface area contributed by atoms with Gasteiger partial charge in [-0.1, -0.05) is 29.5 Å². The number of carbonyl (C=O) groups excluding carboxylic acids is 1. The fraction of sp³-hybridized carbons (Fsp3) is 0.105. The third-order valence-electron chi connectivity index (χ3n) is 4.10. The minimum Gasteiger partial charge on any atom is -0.497 e. The van der Waals surface area contributed by atoms with Crippen LogP contribution in [0.4, 0.5) is 0 Å². The maximum absolute atomic E-state index is 12.4. The van der Waals surface area contributed by atoms with Gasteiger partial charge in [0.2, 0.25) is 0 Å². The van der Waals surface area contributed by atoms with Crippen LogP contribution in [0.5, 0.6) is 5.75 Å². The molecule has 24 heavy (non-hydrogen) atoms. The number of methoxy groups -OCH3 is 1. The van der Waals surface area contributed by atoms with Gasteiger partial charge >= 0.3 is 0 Å². The van der Waals surface area contributed by atoms with Crippen molar-refractivity contribution in [2.75, 3.05) is 7.11 Å². The summed E-state index contributed by atoms with van der Waals surface area (Å²) in [5, 5.41) is 8.28. The van der Waals surface area contributed by atoms with Crippen molar-refractivity contribution in [3.05, 3.63) is 77.1 Å². The number of hydrogen-bond donors (Lipinski definition) is 0. The first kappa shape index (κ1) is 14.4. The molecule has 0 aliphatic heterocycles. The topological polar surface area (TPSA) is 57.0 Å². The summed E-state index contributed by atoms with van der Waals surface area (Å²) in [5.74, 6) is 0.861. The summed E-state index contributed by atoms with van der Waals surface area (Å²) in [5.41, 5.74) is 4.15. The van der Waals surface area contributed by atoms with Crippen LogP contribution in [0.25, 0.3) is 11.8 Å². The smallest absolute Gasteiger partial charge is 0.189 e. The molecule has 0 amide bonds. The van der Waals surface area contributed by atoms with Crippen molar-refractivity contribution in [3.63, 3.8) is 0 Å². The van der Waals surface area contributed by atoms with Crippen molar-refractivity contribution >= 4 is 11.9 Å². The number of ketones is 1. The second-order valence-electron chi connectivity index (χ2n) is 5.62. The number of ether oxygens (including phenoxy) is 1. The molecule has 0 saturated carbocycles. The molecule has 1 aliphatic rings. The van der Waals surface area contributed by atoms with Crippen LogP contribution in [0.1, 0.15) is 21.6 Å². The Morgan fingerprint density at radius 1 is 1.12 bits per heavy atom. The Labute approximate surface area is 139 Å². The molecule has 0 N–H and O–H groups in total. The van der Waals surface area contributed by atoms with Gasteiger partial charge in [0.25, 0.3) is 0 Å². The van der Waals surface area contributed by atoms with Gasteiger partial charge in [0, 0.05) is 17.6 Å². The molecule has 4 rings (SSSR count). The van der Waals surface area contributed by atoms with E-state index in [2.05, 4.69) is 10.3 Å². The van der Waals surface area contributed by atoms with E-state index in [0.29, 0.717) is 12.1 Å². The van der Waals surface area contributed by atoms with Gasteiger partial charge in [-0.15, -0.1) is 5.10 Å². The highest BCUT2D eigenvalue weighted by atomic mass is 16.5. The zero-order valence-electron chi connectivity index (χ0n) is 13.1. The van der Waals surface area contributed by atoms with Gasteiger partial charge in [0.15, 0.2) is 5.78 Å². The largest absolute Gasteiger partial charge is 0.497 e. The fourth-order valence-electron chi connectivity index (χ4n) is 2.85. The molecule has 1 aliphatic carbocycles. The van der Waals surface area contributed by atoms with Crippen molar-refractivity contribution < 1.29 is 9.53 Å². The molecule has 0 unspecified atom stereocenters. The van der Waals surface area contributed by atoms with Gasteiger partial charge in [0.05, 0.1) is 19.0 Å². The third kappa shape index (κ3) is 2.50. The number of carbonyl (C=O) groups is 1. The van der Waals surface area contributed by atoms with Crippen molar-refractivity contribution in [1.82, 2.24) is 15.0 Å². The second kappa shape index (κ2) is 5.77. The van der Waals surface area contributed by atoms with Crippen LogP contribution in [0.15, 0.2) is 60.3 Å². The molecule has 0 bridgehead atoms. The molecule has 5 nitrogen and oxygen atoms in total. The van der Waals surface area contributed by atoms with Crippen molar-refractivity contribution in [2.45, 2.75) is 6.42 Å². The molecular weight excluding hydrogens is 302 g/mol. The maximum Gasteiger partial charge on any atom is 0.189 e. The zero-order chi connectivity index (χ0) is 16.5. The summed E-state index contributed by atoms with van der Waals surface area (Å²) >= 11 is 0. The molecule has 0 atom stereocenters. The lowest BCUT2D eigenvalue weighted by molar-refractivity contribution is 0.104. The molecular formula is C19H15N3O2. The Kier molecular flexibility index (Phi) is 3.46. The summed E-state index contributed by atoms with van der Waals surface area (Å²) in [7, 11) is 1.63. The van der Waals surface area contributed by atoms with E-state index in [1.54, 1.807) is 11.8 Å². The van der Waals surface area contributed by atoms with Crippen LogP contribution >= 0.6 is 0 Å². The minimum absolute atomic E-state index is 0.0737. The van der Waals surface area contributed by atoms with Gasteiger partial charge in [0.1, 0.15) is 11.4 Å². The third-order valence-corrected chi connectivity index (χ3v) is 4.10. The van der Waals surface area contributed by atoms with E-state index in [9.17, 15) is 4.79 Å². The van der Waals surface area contributed by atoms with Crippen LogP contribution in [0, 0.1) is 0 Å². The van der Waals surface area contributed by atoms with E-state index in [1.807, 2.05) is 60.8 Å². The van der Waals surface area contributed by atoms with Gasteiger partial charge in [-0.05, 0) is 35.9 Å². The predicted molar refractivity (Wildman–Crippen MR) is 90.4 cm³/mol. The minimum atomic E-state index is 0.0737. The molecule has 3 aromatic rings. The highest BCUT2D eigenvalue weighted by Gasteiger charge is 2.24. The highest BCUT2D eigenvalue weighted by molar-refractivity contribution is 6.15. The fourth-order valence-corrected chi connectivity index (χ4v) is 2.85. The number of hydrogen-bond acceptors (Lipinski definition) is 4. The Morgan fingerprint density at radius 2 is 1.92 bits per heavy atom. The van der Waals surface area contributed by atoms with Crippen molar-refractivity contribution in [1.29, 1.82) is 0 Å². The van der Waals surface area contributed by atoms with Crippen LogP contribution < -0.4 is 4.74 Å². The van der Waals surface area contributed by atoms with Crippen molar-refractivity contribution in [2.24, 2.45) is 0 Å². The van der Waals surface area contributed by atoms with E-state index in [1.165, 1.54) is 0 Å². The zero-order valence-corrected chi connectivity index (χ0v) is 13.1. The molecule has 0 radical (unpaired) electrons. The number of nitrogens with zero attached hydrogens (tertiary/aromatic N) is 3. The Balaban J connectivity index is 1.61. The summed E-state index contributed by atoms with van der Waals surface area (Å²) < 4.78 is 6.83. The lowest BCUT2D eigenvalue weighted by Crippen LogP contribution is -1.95. The number of Topliss-reactive ketones (excluding diaryl/α,β-unsaturated/α-hetero) is 1. The molecule has 1 aromatic heterocycles. The summed E-state index contributed by atoms with van der Waals surface area (Å²) in [6.45, 7) is 0. The van der Waals surface area contributed by atoms with Crippen LogP contribution in [-0.2, 0) is 6.42 Å². The highest BCUT2D eigenvalue weighted by Crippen LogP contribution is 2.27. The van der Waals surface area contributed by atoms with E-state index in [-0.39, 0.29) is 5.78 Å². The Bertz CT molecular complexity index is 939. The molecule has 1 heterocycles. The summed E-state index contributed by atoms with van der Waals surface area (Å²) in [4.78, 5) is 12.4. The average Bonchev–Trinajstić information content (AvgIpc) is 3.21. The summed E-state index contributed by atoms with van der Waals surface area (Å²) in [6, 6.07) is 15.2. The van der Waals surface area contributed by atoms with Gasteiger partial charge < -0.3 is 4.74 Å². The molecule has 0 saturated heterocycles. The molecule has 0 fully saturated rings. The lowest BCUT2D eigenvalue weighted by atomic mass is 10.1. The number of benzene rings is 2. The lowest BCUT2D eigenvalue weighted by Gasteiger charge is -2.01. The van der Waals surface area contributed by atoms with E-state index >= 15 is 0 Å². The van der Waals surface area contributed by atoms with Crippen LogP contribution in [0.2, 0.25) is 0 Å². The average molecular weight is 317 g/mol. The molecule has 118 valence electrons. The number of fused-ring (bicyclic) bond motifs is 1. The van der Waals surface area contributed by atoms with Crippen molar-refractivity contribution in [3.8, 4) is 11.4 Å². The SMILES string of the molecule is COc1ccc(-n2cc(/C=C3\Cc4ccccc4C3=O)nn2)cc1. The van der Waals surface area contributed by atoms with Gasteiger partial charge in [-0.2, -0.15) is 0 Å². The first-order valence-electron chi connectivity index (χ1n) is 7.64. The first-order valence-corrected chi connectivity index (χ1v) is 7.64. The number of aromatic nitrogens is 3. The first-order chi connectivity index (χ1) is 11.7. The number of rotatable bonds is 3. The standard InChI is InChI=1S/C19H15N3O2/c1-24-17-8-6-16(7-9-17)22-12-15(20-21-22)11-14-10-13-4-2-3-5-18(13)19(14)23/h2-9,11-12H,10H2,1H3/b14-11+. The monoisotopic (exact) mass is 317 g/mol. The molecule has 5 heteroatoms. The quantitative estimate of drug-likeness (QED) is 0.697. The van der Waals surface area contributed by atoms with E-state index < -0.39 is 0 Å².